The Morgan fingerprint density at radius 1 is 1.27 bits per heavy atom. The fourth-order valence-corrected chi connectivity index (χ4v) is 4.50. The van der Waals surface area contributed by atoms with Crippen LogP contribution in [0.3, 0.4) is 0 Å². The van der Waals surface area contributed by atoms with Gasteiger partial charge in [0.25, 0.3) is 5.56 Å². The number of hydrogen-bond acceptors (Lipinski definition) is 4. The molecule has 2 unspecified atom stereocenters. The fourth-order valence-electron chi connectivity index (χ4n) is 3.72. The highest BCUT2D eigenvalue weighted by atomic mass is 32.2. The number of piperidine rings is 1. The minimum absolute atomic E-state index is 0.0773. The average Bonchev–Trinajstić information content (AvgIpc) is 2.95. The van der Waals surface area contributed by atoms with E-state index in [0.717, 1.165) is 31.6 Å². The van der Waals surface area contributed by atoms with Crippen molar-refractivity contribution < 1.29 is 9.59 Å². The summed E-state index contributed by atoms with van der Waals surface area (Å²) in [4.78, 5) is 40.0. The third-order valence-electron chi connectivity index (χ3n) is 5.64. The third-order valence-corrected chi connectivity index (χ3v) is 6.77. The first-order valence-electron chi connectivity index (χ1n) is 10.3. The number of thioether (sulfide) groups is 1. The number of para-hydroxylation sites is 1. The van der Waals surface area contributed by atoms with Crippen molar-refractivity contribution >= 4 is 29.3 Å². The Balaban J connectivity index is 1.64. The highest BCUT2D eigenvalue weighted by molar-refractivity contribution is 8.01. The molecule has 3 rings (SSSR count). The lowest BCUT2D eigenvalue weighted by atomic mass is 10.0. The summed E-state index contributed by atoms with van der Waals surface area (Å²) in [6, 6.07) is 9.30. The molecule has 162 valence electrons. The topological polar surface area (TPSA) is 76.3 Å². The quantitative estimate of drug-likeness (QED) is 0.765. The number of hydrogen-bond donors (Lipinski definition) is 1. The van der Waals surface area contributed by atoms with Gasteiger partial charge in [-0.3, -0.25) is 19.1 Å². The number of aromatic nitrogens is 2. The van der Waals surface area contributed by atoms with E-state index in [1.165, 1.54) is 16.4 Å². The Hall–Kier alpha value is -2.48. The van der Waals surface area contributed by atoms with E-state index in [0.29, 0.717) is 11.6 Å². The van der Waals surface area contributed by atoms with Crippen molar-refractivity contribution in [1.29, 1.82) is 0 Å². The SMILES string of the molecule is Cc1c(NC(=O)C(C)SCC(=O)N2CCCC(C)C2)c(=O)n(-c2ccccc2)n1C. The molecule has 7 nitrogen and oxygen atoms in total. The number of anilines is 1. The van der Waals surface area contributed by atoms with Crippen LogP contribution in [0, 0.1) is 12.8 Å². The molecule has 0 radical (unpaired) electrons. The Morgan fingerprint density at radius 3 is 2.63 bits per heavy atom. The molecule has 1 fully saturated rings. The Kier molecular flexibility index (Phi) is 7.07. The van der Waals surface area contributed by atoms with E-state index in [2.05, 4.69) is 12.2 Å². The second-order valence-electron chi connectivity index (χ2n) is 7.97. The van der Waals surface area contributed by atoms with Crippen LogP contribution in [0.25, 0.3) is 5.69 Å². The lowest BCUT2D eigenvalue weighted by Gasteiger charge is -2.31. The van der Waals surface area contributed by atoms with Crippen LogP contribution in [0.5, 0.6) is 0 Å². The summed E-state index contributed by atoms with van der Waals surface area (Å²) in [6.45, 7) is 7.32. The van der Waals surface area contributed by atoms with E-state index in [-0.39, 0.29) is 28.8 Å². The maximum Gasteiger partial charge on any atom is 0.295 e. The summed E-state index contributed by atoms with van der Waals surface area (Å²) in [7, 11) is 1.79. The zero-order valence-corrected chi connectivity index (χ0v) is 18.9. The van der Waals surface area contributed by atoms with Gasteiger partial charge in [-0.1, -0.05) is 25.1 Å². The minimum atomic E-state index is -0.444. The first kappa shape index (κ1) is 22.2. The molecule has 1 N–H and O–H groups in total. The van der Waals surface area contributed by atoms with Crippen LogP contribution in [0.2, 0.25) is 0 Å². The molecular weight excluding hydrogens is 400 g/mol. The van der Waals surface area contributed by atoms with Crippen molar-refractivity contribution in [1.82, 2.24) is 14.3 Å². The summed E-state index contributed by atoms with van der Waals surface area (Å²) >= 11 is 1.31. The van der Waals surface area contributed by atoms with Gasteiger partial charge in [0.15, 0.2) is 0 Å². The molecule has 2 aromatic rings. The van der Waals surface area contributed by atoms with Crippen molar-refractivity contribution in [2.75, 3.05) is 24.2 Å². The molecule has 0 bridgehead atoms. The maximum atomic E-state index is 12.9. The molecule has 1 aliphatic rings. The van der Waals surface area contributed by atoms with Gasteiger partial charge in [-0.25, -0.2) is 4.68 Å². The van der Waals surface area contributed by atoms with Crippen LogP contribution in [0.4, 0.5) is 5.69 Å². The van der Waals surface area contributed by atoms with Crippen molar-refractivity contribution in [2.24, 2.45) is 13.0 Å². The predicted octanol–water partition coefficient (Wildman–Crippen LogP) is 2.80. The van der Waals surface area contributed by atoms with E-state index in [9.17, 15) is 14.4 Å². The standard InChI is InChI=1S/C22H30N4O3S/c1-15-9-8-12-25(13-15)19(27)14-30-17(3)21(28)23-20-16(2)24(4)26(22(20)29)18-10-6-5-7-11-18/h5-7,10-11,15,17H,8-9,12-14H2,1-4H3,(H,23,28). The minimum Gasteiger partial charge on any atom is -0.342 e. The molecule has 1 aromatic carbocycles. The van der Waals surface area contributed by atoms with Crippen LogP contribution >= 0.6 is 11.8 Å². The Bertz CT molecular complexity index is 967. The molecule has 0 aliphatic carbocycles. The van der Waals surface area contributed by atoms with Gasteiger partial charge in [0.2, 0.25) is 11.8 Å². The third kappa shape index (κ3) is 4.80. The number of rotatable bonds is 6. The van der Waals surface area contributed by atoms with Crippen molar-refractivity contribution in [2.45, 2.75) is 38.9 Å². The van der Waals surface area contributed by atoms with Crippen LogP contribution < -0.4 is 10.9 Å². The number of nitrogens with one attached hydrogen (secondary N) is 1. The van der Waals surface area contributed by atoms with Gasteiger partial charge >= 0.3 is 0 Å². The van der Waals surface area contributed by atoms with Gasteiger partial charge in [-0.2, -0.15) is 0 Å². The average molecular weight is 431 g/mol. The van der Waals surface area contributed by atoms with Crippen LogP contribution in [0.15, 0.2) is 35.1 Å². The normalized spacial score (nSPS) is 17.6. The molecule has 1 aromatic heterocycles. The number of nitrogens with zero attached hydrogens (tertiary/aromatic N) is 3. The predicted molar refractivity (Wildman–Crippen MR) is 121 cm³/mol. The van der Waals surface area contributed by atoms with Crippen LogP contribution in [-0.4, -0.2) is 50.2 Å². The molecule has 2 heterocycles. The van der Waals surface area contributed by atoms with E-state index in [1.807, 2.05) is 35.2 Å². The number of amides is 2. The molecule has 0 spiro atoms. The van der Waals surface area contributed by atoms with Crippen molar-refractivity contribution in [3.8, 4) is 5.69 Å². The molecule has 1 aliphatic heterocycles. The summed E-state index contributed by atoms with van der Waals surface area (Å²) in [5.74, 6) is 0.601. The van der Waals surface area contributed by atoms with Gasteiger partial charge in [0.05, 0.1) is 22.4 Å². The molecular formula is C22H30N4O3S. The Morgan fingerprint density at radius 2 is 1.97 bits per heavy atom. The molecule has 1 saturated heterocycles. The van der Waals surface area contributed by atoms with Crippen molar-refractivity contribution in [3.63, 3.8) is 0 Å². The number of carbonyl (C=O) groups is 2. The first-order chi connectivity index (χ1) is 14.3. The lowest BCUT2D eigenvalue weighted by molar-refractivity contribution is -0.130. The summed E-state index contributed by atoms with van der Waals surface area (Å²) in [5.41, 5.74) is 1.41. The largest absolute Gasteiger partial charge is 0.342 e. The smallest absolute Gasteiger partial charge is 0.295 e. The molecule has 2 atom stereocenters. The summed E-state index contributed by atoms with van der Waals surface area (Å²) in [5, 5.41) is 2.34. The molecule has 8 heteroatoms. The monoisotopic (exact) mass is 430 g/mol. The van der Waals surface area contributed by atoms with E-state index in [1.54, 1.807) is 25.6 Å². The second-order valence-corrected chi connectivity index (χ2v) is 9.30. The van der Waals surface area contributed by atoms with Gasteiger partial charge in [0, 0.05) is 20.1 Å². The lowest BCUT2D eigenvalue weighted by Crippen LogP contribution is -2.40. The fraction of sp³-hybridized carbons (Fsp3) is 0.500. The van der Waals surface area contributed by atoms with E-state index in [4.69, 9.17) is 0 Å². The zero-order valence-electron chi connectivity index (χ0n) is 18.1. The zero-order chi connectivity index (χ0) is 21.8. The molecule has 2 amide bonds. The number of carbonyl (C=O) groups excluding carboxylic acids is 2. The number of likely N-dealkylation sites (tertiary alicyclic amines) is 1. The second kappa shape index (κ2) is 9.55. The highest BCUT2D eigenvalue weighted by Crippen LogP contribution is 2.20. The van der Waals surface area contributed by atoms with Gasteiger partial charge < -0.3 is 10.2 Å². The van der Waals surface area contributed by atoms with Gasteiger partial charge in [-0.05, 0) is 44.7 Å². The van der Waals surface area contributed by atoms with E-state index < -0.39 is 5.25 Å². The van der Waals surface area contributed by atoms with E-state index >= 15 is 0 Å². The van der Waals surface area contributed by atoms with Gasteiger partial charge in [-0.15, -0.1) is 11.8 Å². The van der Waals surface area contributed by atoms with Crippen molar-refractivity contribution in [3.05, 3.63) is 46.4 Å². The summed E-state index contributed by atoms with van der Waals surface area (Å²) < 4.78 is 3.26. The first-order valence-corrected chi connectivity index (χ1v) is 11.4. The molecule has 30 heavy (non-hydrogen) atoms. The molecule has 0 saturated carbocycles. The maximum absolute atomic E-state index is 12.9. The number of benzene rings is 1. The highest BCUT2D eigenvalue weighted by Gasteiger charge is 2.24. The van der Waals surface area contributed by atoms with Crippen LogP contribution in [0.1, 0.15) is 32.4 Å². The van der Waals surface area contributed by atoms with Crippen LogP contribution in [-0.2, 0) is 16.6 Å². The van der Waals surface area contributed by atoms with Gasteiger partial charge in [0.1, 0.15) is 5.69 Å². The Labute approximate surface area is 181 Å². The summed E-state index contributed by atoms with van der Waals surface area (Å²) in [6.07, 6.45) is 2.20.